The van der Waals surface area contributed by atoms with E-state index in [9.17, 15) is 12.8 Å². The van der Waals surface area contributed by atoms with Crippen molar-refractivity contribution in [3.8, 4) is 0 Å². The van der Waals surface area contributed by atoms with Gasteiger partial charge in [-0.05, 0) is 79.9 Å². The van der Waals surface area contributed by atoms with Crippen molar-refractivity contribution < 1.29 is 12.8 Å². The van der Waals surface area contributed by atoms with E-state index in [4.69, 9.17) is 11.6 Å². The molecule has 1 unspecified atom stereocenters. The number of hydrogen-bond donors (Lipinski definition) is 0. The molecule has 3 aromatic carbocycles. The lowest BCUT2D eigenvalue weighted by Gasteiger charge is -2.36. The molecule has 0 spiro atoms. The fraction of sp³-hybridized carbons (Fsp3) is 0.333. The third-order valence-corrected chi connectivity index (χ3v) is 8.94. The van der Waals surface area contributed by atoms with E-state index in [1.54, 1.807) is 0 Å². The molecule has 34 heavy (non-hydrogen) atoms. The van der Waals surface area contributed by atoms with Gasteiger partial charge in [0.15, 0.2) is 9.84 Å². The Morgan fingerprint density at radius 3 is 2.32 bits per heavy atom. The average molecular weight is 501 g/mol. The molecule has 0 aliphatic carbocycles. The van der Waals surface area contributed by atoms with Crippen molar-refractivity contribution in [1.82, 2.24) is 4.90 Å². The van der Waals surface area contributed by atoms with E-state index >= 15 is 0 Å². The molecule has 0 saturated carbocycles. The minimum absolute atomic E-state index is 0.164. The van der Waals surface area contributed by atoms with Crippen molar-refractivity contribution in [3.05, 3.63) is 94.8 Å². The van der Waals surface area contributed by atoms with E-state index in [2.05, 4.69) is 15.9 Å². The molecular weight excluding hydrogens is 471 g/mol. The molecule has 4 nitrogen and oxygen atoms in total. The predicted molar refractivity (Wildman–Crippen MR) is 137 cm³/mol. The van der Waals surface area contributed by atoms with E-state index in [0.29, 0.717) is 6.42 Å². The Labute approximate surface area is 206 Å². The molecule has 3 aromatic rings. The minimum Gasteiger partial charge on any atom is -0.369 e. The number of benzene rings is 3. The molecule has 1 saturated heterocycles. The summed E-state index contributed by atoms with van der Waals surface area (Å²) >= 11 is 6.14. The Balaban J connectivity index is 1.42. The van der Waals surface area contributed by atoms with Crippen LogP contribution in [0.4, 0.5) is 10.1 Å². The monoisotopic (exact) mass is 500 g/mol. The molecule has 180 valence electrons. The van der Waals surface area contributed by atoms with Crippen LogP contribution in [-0.2, 0) is 9.84 Å². The zero-order valence-corrected chi connectivity index (χ0v) is 20.9. The Morgan fingerprint density at radius 2 is 1.65 bits per heavy atom. The second kappa shape index (κ2) is 10.9. The third-order valence-electron chi connectivity index (χ3n) is 6.54. The average Bonchev–Trinajstić information content (AvgIpc) is 2.83. The number of anilines is 1. The van der Waals surface area contributed by atoms with Crippen molar-refractivity contribution in [1.29, 1.82) is 0 Å². The maximum Gasteiger partial charge on any atom is 0.185 e. The van der Waals surface area contributed by atoms with Crippen molar-refractivity contribution in [2.24, 2.45) is 0 Å². The quantitative estimate of drug-likeness (QED) is 0.361. The molecule has 1 aliphatic rings. The number of piperazine rings is 1. The van der Waals surface area contributed by atoms with Crippen LogP contribution in [0.25, 0.3) is 0 Å². The van der Waals surface area contributed by atoms with Gasteiger partial charge in [0.05, 0.1) is 10.1 Å². The number of halogens is 2. The topological polar surface area (TPSA) is 40.6 Å². The molecule has 0 N–H and O–H groups in total. The minimum atomic E-state index is -3.65. The highest BCUT2D eigenvalue weighted by Crippen LogP contribution is 2.35. The van der Waals surface area contributed by atoms with Crippen molar-refractivity contribution >= 4 is 27.1 Å². The molecule has 1 fully saturated rings. The van der Waals surface area contributed by atoms with Gasteiger partial charge in [0, 0.05) is 36.9 Å². The van der Waals surface area contributed by atoms with Crippen LogP contribution < -0.4 is 4.90 Å². The first-order chi connectivity index (χ1) is 16.3. The lowest BCUT2D eigenvalue weighted by molar-refractivity contribution is 0.252. The fourth-order valence-electron chi connectivity index (χ4n) is 4.62. The summed E-state index contributed by atoms with van der Waals surface area (Å²) in [5, 5.41) is 0.0800. The van der Waals surface area contributed by atoms with Crippen LogP contribution in [0, 0.1) is 12.7 Å². The zero-order chi connectivity index (χ0) is 24.1. The molecule has 4 rings (SSSR count). The first kappa shape index (κ1) is 24.7. The molecule has 1 atom stereocenters. The first-order valence-electron chi connectivity index (χ1n) is 11.6. The van der Waals surface area contributed by atoms with E-state index in [-0.39, 0.29) is 4.90 Å². The number of nitrogens with zero attached hydrogens (tertiary/aromatic N) is 2. The summed E-state index contributed by atoms with van der Waals surface area (Å²) in [6.45, 7) is 6.45. The van der Waals surface area contributed by atoms with Crippen LogP contribution in [0.1, 0.15) is 29.2 Å². The van der Waals surface area contributed by atoms with Crippen LogP contribution in [0.15, 0.2) is 77.7 Å². The molecular formula is C27H30ClFN2O2S. The summed E-state index contributed by atoms with van der Waals surface area (Å²) in [5.74, 6) is -0.441. The largest absolute Gasteiger partial charge is 0.369 e. The molecule has 1 heterocycles. The lowest BCUT2D eigenvalue weighted by Crippen LogP contribution is -2.46. The molecule has 0 aromatic heterocycles. The summed E-state index contributed by atoms with van der Waals surface area (Å²) in [6.07, 6.45) is 1.27. The van der Waals surface area contributed by atoms with Gasteiger partial charge < -0.3 is 4.90 Å². The predicted octanol–water partition coefficient (Wildman–Crippen LogP) is 5.90. The molecule has 0 radical (unpaired) electrons. The summed E-state index contributed by atoms with van der Waals surface area (Å²) in [7, 11) is -3.65. The zero-order valence-electron chi connectivity index (χ0n) is 19.3. The van der Waals surface area contributed by atoms with Gasteiger partial charge in [-0.15, -0.1) is 0 Å². The summed E-state index contributed by atoms with van der Waals surface area (Å²) < 4.78 is 40.5. The summed E-state index contributed by atoms with van der Waals surface area (Å²) in [4.78, 5) is 4.88. The van der Waals surface area contributed by atoms with Crippen LogP contribution in [0.5, 0.6) is 0 Å². The Morgan fingerprint density at radius 1 is 0.941 bits per heavy atom. The van der Waals surface area contributed by atoms with E-state index in [1.165, 1.54) is 24.3 Å². The maximum atomic E-state index is 13.6. The Bertz CT molecular complexity index is 1210. The van der Waals surface area contributed by atoms with E-state index in [0.717, 1.165) is 61.0 Å². The Hall–Kier alpha value is -2.41. The fourth-order valence-corrected chi connectivity index (χ4v) is 6.72. The van der Waals surface area contributed by atoms with Crippen LogP contribution in [0.3, 0.4) is 0 Å². The van der Waals surface area contributed by atoms with Gasteiger partial charge in [-0.25, -0.2) is 12.8 Å². The number of rotatable bonds is 8. The molecule has 7 heteroatoms. The highest BCUT2D eigenvalue weighted by molar-refractivity contribution is 7.91. The third kappa shape index (κ3) is 5.80. The van der Waals surface area contributed by atoms with Gasteiger partial charge in [0.2, 0.25) is 0 Å². The summed E-state index contributed by atoms with van der Waals surface area (Å²) in [6, 6.07) is 20.7. The molecule has 0 amide bonds. The van der Waals surface area contributed by atoms with Crippen LogP contribution in [0.2, 0.25) is 5.02 Å². The van der Waals surface area contributed by atoms with Gasteiger partial charge in [0.1, 0.15) is 5.82 Å². The number of hydrogen-bond acceptors (Lipinski definition) is 4. The normalized spacial score (nSPS) is 15.9. The van der Waals surface area contributed by atoms with Crippen molar-refractivity contribution in [2.75, 3.05) is 37.6 Å². The maximum absolute atomic E-state index is 13.6. The highest BCUT2D eigenvalue weighted by Gasteiger charge is 2.30. The Kier molecular flexibility index (Phi) is 7.91. The van der Waals surface area contributed by atoms with E-state index in [1.807, 2.05) is 49.4 Å². The van der Waals surface area contributed by atoms with E-state index < -0.39 is 20.9 Å². The van der Waals surface area contributed by atoms with Crippen LogP contribution >= 0.6 is 11.6 Å². The second-order valence-electron chi connectivity index (χ2n) is 8.79. The smallest absolute Gasteiger partial charge is 0.185 e. The van der Waals surface area contributed by atoms with Gasteiger partial charge >= 0.3 is 0 Å². The van der Waals surface area contributed by atoms with Gasteiger partial charge in [-0.3, -0.25) is 4.90 Å². The number of aryl methyl sites for hydroxylation is 1. The second-order valence-corrected chi connectivity index (χ2v) is 11.4. The van der Waals surface area contributed by atoms with Gasteiger partial charge in [0.25, 0.3) is 0 Å². The summed E-state index contributed by atoms with van der Waals surface area (Å²) in [5.41, 5.74) is 2.91. The molecule has 1 aliphatic heterocycles. The SMILES string of the molecule is Cc1ccccc1C(CCCN1CCN(c2cccc(Cl)c2)CC1)S(=O)(=O)c1ccc(F)cc1. The molecule has 0 bridgehead atoms. The van der Waals surface area contributed by atoms with Gasteiger partial charge in [-0.2, -0.15) is 0 Å². The van der Waals surface area contributed by atoms with Crippen molar-refractivity contribution in [2.45, 2.75) is 29.9 Å². The lowest BCUT2D eigenvalue weighted by atomic mass is 10.0. The highest BCUT2D eigenvalue weighted by atomic mass is 35.5. The number of sulfone groups is 1. The van der Waals surface area contributed by atoms with Crippen molar-refractivity contribution in [3.63, 3.8) is 0 Å². The first-order valence-corrected chi connectivity index (χ1v) is 13.5. The van der Waals surface area contributed by atoms with Gasteiger partial charge in [-0.1, -0.05) is 41.9 Å². The standard InChI is InChI=1S/C27H30ClFN2O2S/c1-21-6-2-3-9-26(21)27(34(32,33)25-13-11-23(29)12-14-25)10-5-15-30-16-18-31(19-17-30)24-8-4-7-22(28)20-24/h2-4,6-9,11-14,20,27H,5,10,15-19H2,1H3. The van der Waals surface area contributed by atoms with Crippen LogP contribution in [-0.4, -0.2) is 46.0 Å².